The number of hydrogen-bond donors (Lipinski definition) is 0. The zero-order chi connectivity index (χ0) is 18.0. The Labute approximate surface area is 142 Å². The number of anilines is 1. The van der Waals surface area contributed by atoms with Gasteiger partial charge in [0.25, 0.3) is 0 Å². The molecule has 0 N–H and O–H groups in total. The normalized spacial score (nSPS) is 17.0. The lowest BCUT2D eigenvalue weighted by atomic mass is 10.0. The Morgan fingerprint density at radius 3 is 2.40 bits per heavy atom. The minimum Gasteiger partial charge on any atom is -0.416 e. The van der Waals surface area contributed by atoms with E-state index in [1.54, 1.807) is 12.4 Å². The predicted octanol–water partition coefficient (Wildman–Crippen LogP) is 2.29. The molecule has 0 bridgehead atoms. The van der Waals surface area contributed by atoms with Gasteiger partial charge in [0, 0.05) is 38.6 Å². The highest BCUT2D eigenvalue weighted by atomic mass is 19.4. The van der Waals surface area contributed by atoms with Crippen LogP contribution in [0, 0.1) is 6.92 Å². The summed E-state index contributed by atoms with van der Waals surface area (Å²) in [7, 11) is 1.96. The standard InChI is InChI=1S/C15H19F3N6O/c1-10-7-19-14(20-8-10)23(2)11-3-5-24(6-4-11)9-12-21-22-13(25-12)15(16,17)18/h7-8,11H,3-6,9H2,1-2H3. The summed E-state index contributed by atoms with van der Waals surface area (Å²) in [6.07, 6.45) is 0.667. The van der Waals surface area contributed by atoms with Crippen LogP contribution in [-0.4, -0.2) is 51.2 Å². The lowest BCUT2D eigenvalue weighted by Gasteiger charge is -2.36. The van der Waals surface area contributed by atoms with Gasteiger partial charge in [0.1, 0.15) is 0 Å². The average Bonchev–Trinajstić information content (AvgIpc) is 3.04. The van der Waals surface area contributed by atoms with E-state index in [1.807, 2.05) is 23.8 Å². The van der Waals surface area contributed by atoms with Crippen LogP contribution >= 0.6 is 0 Å². The van der Waals surface area contributed by atoms with Gasteiger partial charge >= 0.3 is 12.1 Å². The van der Waals surface area contributed by atoms with Crippen molar-refractivity contribution in [3.8, 4) is 0 Å². The van der Waals surface area contributed by atoms with Crippen molar-refractivity contribution in [2.75, 3.05) is 25.0 Å². The molecule has 1 saturated heterocycles. The minimum absolute atomic E-state index is 0.0130. The minimum atomic E-state index is -4.60. The van der Waals surface area contributed by atoms with Gasteiger partial charge in [-0.3, -0.25) is 4.90 Å². The molecule has 2 aromatic heterocycles. The summed E-state index contributed by atoms with van der Waals surface area (Å²) < 4.78 is 42.1. The molecule has 1 aliphatic rings. The molecular formula is C15H19F3N6O. The molecular weight excluding hydrogens is 337 g/mol. The lowest BCUT2D eigenvalue weighted by molar-refractivity contribution is -0.157. The first-order valence-electron chi connectivity index (χ1n) is 7.96. The van der Waals surface area contributed by atoms with Crippen LogP contribution in [0.2, 0.25) is 0 Å². The third kappa shape index (κ3) is 4.25. The molecule has 1 fully saturated rings. The molecule has 3 rings (SSSR count). The number of aromatic nitrogens is 4. The van der Waals surface area contributed by atoms with Gasteiger partial charge < -0.3 is 9.32 Å². The molecule has 0 saturated carbocycles. The molecule has 7 nitrogen and oxygen atoms in total. The number of likely N-dealkylation sites (tertiary alicyclic amines) is 1. The fourth-order valence-corrected chi connectivity index (χ4v) is 2.82. The molecule has 10 heteroatoms. The average molecular weight is 356 g/mol. The second-order valence-corrected chi connectivity index (χ2v) is 6.18. The third-order valence-corrected chi connectivity index (χ3v) is 4.26. The van der Waals surface area contributed by atoms with Crippen LogP contribution in [0.5, 0.6) is 0 Å². The molecule has 0 radical (unpaired) electrons. The SMILES string of the molecule is Cc1cnc(N(C)C2CCN(Cc3nnc(C(F)(F)F)o3)CC2)nc1. The zero-order valence-corrected chi connectivity index (χ0v) is 14.0. The number of nitrogens with zero attached hydrogens (tertiary/aromatic N) is 6. The van der Waals surface area contributed by atoms with Crippen molar-refractivity contribution in [2.45, 2.75) is 38.5 Å². The number of aryl methyl sites for hydroxylation is 1. The van der Waals surface area contributed by atoms with E-state index in [2.05, 4.69) is 24.6 Å². The predicted molar refractivity (Wildman–Crippen MR) is 82.8 cm³/mol. The Morgan fingerprint density at radius 1 is 1.20 bits per heavy atom. The molecule has 0 atom stereocenters. The molecule has 0 aliphatic carbocycles. The molecule has 0 amide bonds. The summed E-state index contributed by atoms with van der Waals surface area (Å²) in [6, 6.07) is 0.285. The number of halogens is 3. The quantitative estimate of drug-likeness (QED) is 0.832. The van der Waals surface area contributed by atoms with E-state index in [0.29, 0.717) is 5.95 Å². The summed E-state index contributed by atoms with van der Waals surface area (Å²) >= 11 is 0. The molecule has 0 spiro atoms. The Balaban J connectivity index is 1.53. The maximum Gasteiger partial charge on any atom is 0.470 e. The van der Waals surface area contributed by atoms with Crippen molar-refractivity contribution in [3.63, 3.8) is 0 Å². The van der Waals surface area contributed by atoms with Gasteiger partial charge in [-0.25, -0.2) is 9.97 Å². The van der Waals surface area contributed by atoms with Gasteiger partial charge in [-0.2, -0.15) is 13.2 Å². The first-order valence-corrected chi connectivity index (χ1v) is 7.96. The van der Waals surface area contributed by atoms with Crippen LogP contribution in [-0.2, 0) is 12.7 Å². The van der Waals surface area contributed by atoms with Gasteiger partial charge in [0.15, 0.2) is 0 Å². The molecule has 136 valence electrons. The van der Waals surface area contributed by atoms with Crippen molar-refractivity contribution in [3.05, 3.63) is 29.7 Å². The second kappa shape index (κ2) is 6.95. The van der Waals surface area contributed by atoms with Crippen LogP contribution in [0.25, 0.3) is 0 Å². The Bertz CT molecular complexity index is 694. The van der Waals surface area contributed by atoms with Gasteiger partial charge in [-0.1, -0.05) is 0 Å². The van der Waals surface area contributed by atoms with E-state index in [0.717, 1.165) is 31.5 Å². The largest absolute Gasteiger partial charge is 0.470 e. The van der Waals surface area contributed by atoms with Crippen LogP contribution in [0.3, 0.4) is 0 Å². The number of hydrogen-bond acceptors (Lipinski definition) is 7. The van der Waals surface area contributed by atoms with Gasteiger partial charge in [0.05, 0.1) is 6.54 Å². The monoisotopic (exact) mass is 356 g/mol. The molecule has 0 aromatic carbocycles. The highest BCUT2D eigenvalue weighted by Crippen LogP contribution is 2.28. The summed E-state index contributed by atoms with van der Waals surface area (Å²) in [4.78, 5) is 12.7. The zero-order valence-electron chi connectivity index (χ0n) is 14.0. The van der Waals surface area contributed by atoms with E-state index < -0.39 is 12.1 Å². The fraction of sp³-hybridized carbons (Fsp3) is 0.600. The maximum absolute atomic E-state index is 12.5. The summed E-state index contributed by atoms with van der Waals surface area (Å²) in [5.74, 6) is -0.634. The Hall–Kier alpha value is -2.23. The summed E-state index contributed by atoms with van der Waals surface area (Å²) in [5, 5.41) is 6.53. The Kier molecular flexibility index (Phi) is 4.89. The third-order valence-electron chi connectivity index (χ3n) is 4.26. The van der Waals surface area contributed by atoms with E-state index in [4.69, 9.17) is 0 Å². The van der Waals surface area contributed by atoms with Gasteiger partial charge in [0.2, 0.25) is 11.8 Å². The fourth-order valence-electron chi connectivity index (χ4n) is 2.82. The molecule has 25 heavy (non-hydrogen) atoms. The van der Waals surface area contributed by atoms with Crippen LogP contribution in [0.4, 0.5) is 19.1 Å². The van der Waals surface area contributed by atoms with Crippen LogP contribution < -0.4 is 4.90 Å². The van der Waals surface area contributed by atoms with Gasteiger partial charge in [-0.05, 0) is 25.3 Å². The van der Waals surface area contributed by atoms with E-state index in [1.165, 1.54) is 0 Å². The van der Waals surface area contributed by atoms with Crippen molar-refractivity contribution in [2.24, 2.45) is 0 Å². The highest BCUT2D eigenvalue weighted by molar-refractivity contribution is 5.30. The van der Waals surface area contributed by atoms with E-state index in [9.17, 15) is 13.2 Å². The van der Waals surface area contributed by atoms with Gasteiger partial charge in [-0.15, -0.1) is 10.2 Å². The van der Waals surface area contributed by atoms with E-state index >= 15 is 0 Å². The first kappa shape index (κ1) is 17.6. The number of alkyl halides is 3. The first-order chi connectivity index (χ1) is 11.8. The summed E-state index contributed by atoms with van der Waals surface area (Å²) in [5.41, 5.74) is 1.00. The van der Waals surface area contributed by atoms with Crippen molar-refractivity contribution in [1.82, 2.24) is 25.1 Å². The molecule has 2 aromatic rings. The second-order valence-electron chi connectivity index (χ2n) is 6.18. The number of piperidine rings is 1. The molecule has 0 unspecified atom stereocenters. The van der Waals surface area contributed by atoms with E-state index in [-0.39, 0.29) is 18.5 Å². The lowest BCUT2D eigenvalue weighted by Crippen LogP contribution is -2.43. The maximum atomic E-state index is 12.5. The topological polar surface area (TPSA) is 71.2 Å². The van der Waals surface area contributed by atoms with Crippen molar-refractivity contribution in [1.29, 1.82) is 0 Å². The van der Waals surface area contributed by atoms with Crippen LogP contribution in [0.1, 0.15) is 30.2 Å². The smallest absolute Gasteiger partial charge is 0.416 e. The van der Waals surface area contributed by atoms with Crippen LogP contribution in [0.15, 0.2) is 16.8 Å². The molecule has 1 aliphatic heterocycles. The molecule has 3 heterocycles. The summed E-state index contributed by atoms with van der Waals surface area (Å²) in [6.45, 7) is 3.61. The number of rotatable bonds is 4. The van der Waals surface area contributed by atoms with Crippen molar-refractivity contribution < 1.29 is 17.6 Å². The van der Waals surface area contributed by atoms with Crippen molar-refractivity contribution >= 4 is 5.95 Å². The Morgan fingerprint density at radius 2 is 1.84 bits per heavy atom. The highest BCUT2D eigenvalue weighted by Gasteiger charge is 2.38.